The molecule has 28 heavy (non-hydrogen) atoms. The van der Waals surface area contributed by atoms with E-state index < -0.39 is 0 Å². The van der Waals surface area contributed by atoms with E-state index >= 15 is 0 Å². The first-order valence-electron chi connectivity index (χ1n) is 9.45. The van der Waals surface area contributed by atoms with Crippen LogP contribution in [0.5, 0.6) is 5.75 Å². The summed E-state index contributed by atoms with van der Waals surface area (Å²) in [7, 11) is 1.43. The zero-order chi connectivity index (χ0) is 20.9. The first kappa shape index (κ1) is 21.5. The van der Waals surface area contributed by atoms with Crippen molar-refractivity contribution in [2.45, 2.75) is 59.0 Å². The van der Waals surface area contributed by atoms with Crippen LogP contribution in [0.15, 0.2) is 47.6 Å². The Bertz CT molecular complexity index is 894. The third kappa shape index (κ3) is 5.13. The van der Waals surface area contributed by atoms with Gasteiger partial charge in [-0.3, -0.25) is 0 Å². The Balaban J connectivity index is 2.39. The maximum Gasteiger partial charge on any atom is 0.187 e. The molecule has 148 valence electrons. The number of benzene rings is 2. The van der Waals surface area contributed by atoms with Crippen LogP contribution in [-0.4, -0.2) is 12.8 Å². The first-order valence-corrected chi connectivity index (χ1v) is 9.45. The van der Waals surface area contributed by atoms with E-state index in [0.29, 0.717) is 6.61 Å². The smallest absolute Gasteiger partial charge is 0.187 e. The predicted octanol–water partition coefficient (Wildman–Crippen LogP) is 5.73. The summed E-state index contributed by atoms with van der Waals surface area (Å²) in [5, 5.41) is 13.2. The van der Waals surface area contributed by atoms with Crippen LogP contribution in [0.4, 0.5) is 0 Å². The second-order valence-electron chi connectivity index (χ2n) is 8.89. The summed E-state index contributed by atoms with van der Waals surface area (Å²) in [5.74, 6) is 0.859. The van der Waals surface area contributed by atoms with Gasteiger partial charge in [0, 0.05) is 5.56 Å². The second-order valence-corrected chi connectivity index (χ2v) is 8.89. The average Bonchev–Trinajstić information content (AvgIpc) is 2.63. The van der Waals surface area contributed by atoms with E-state index in [1.54, 1.807) is 0 Å². The molecule has 0 bridgehead atoms. The van der Waals surface area contributed by atoms with Crippen molar-refractivity contribution >= 4 is 5.71 Å². The van der Waals surface area contributed by atoms with E-state index in [9.17, 15) is 5.26 Å². The van der Waals surface area contributed by atoms with E-state index in [4.69, 9.17) is 9.57 Å². The van der Waals surface area contributed by atoms with Crippen LogP contribution in [0.25, 0.3) is 0 Å². The van der Waals surface area contributed by atoms with Crippen LogP contribution in [0.2, 0.25) is 0 Å². The summed E-state index contributed by atoms with van der Waals surface area (Å²) in [5.41, 5.74) is 4.32. The van der Waals surface area contributed by atoms with Gasteiger partial charge < -0.3 is 9.57 Å². The van der Waals surface area contributed by atoms with Crippen LogP contribution >= 0.6 is 0 Å². The van der Waals surface area contributed by atoms with Crippen molar-refractivity contribution in [1.82, 2.24) is 0 Å². The van der Waals surface area contributed by atoms with Gasteiger partial charge in [-0.15, -0.1) is 0 Å². The molecule has 0 saturated heterocycles. The fourth-order valence-electron chi connectivity index (χ4n) is 2.96. The first-order chi connectivity index (χ1) is 13.1. The van der Waals surface area contributed by atoms with Gasteiger partial charge in [-0.2, -0.15) is 5.26 Å². The van der Waals surface area contributed by atoms with Crippen LogP contribution in [-0.2, 0) is 22.3 Å². The molecule has 2 rings (SSSR count). The number of nitrogens with zero attached hydrogens (tertiary/aromatic N) is 2. The molecule has 2 aromatic rings. The Hall–Kier alpha value is -2.80. The Labute approximate surface area is 168 Å². The van der Waals surface area contributed by atoms with Crippen molar-refractivity contribution in [3.8, 4) is 11.8 Å². The van der Waals surface area contributed by atoms with E-state index in [1.165, 1.54) is 18.2 Å². The molecule has 0 amide bonds. The van der Waals surface area contributed by atoms with Gasteiger partial charge >= 0.3 is 0 Å². The SMILES string of the molecule is CON=C(C#N)c1ccccc1COc1ccc(C(C)(C)C)cc1C(C)(C)C. The van der Waals surface area contributed by atoms with E-state index in [2.05, 4.69) is 71.0 Å². The number of rotatable bonds is 5. The highest BCUT2D eigenvalue weighted by Crippen LogP contribution is 2.36. The minimum atomic E-state index is -0.0502. The molecule has 0 unspecified atom stereocenters. The van der Waals surface area contributed by atoms with Gasteiger partial charge in [0.25, 0.3) is 0 Å². The molecule has 0 aromatic heterocycles. The van der Waals surface area contributed by atoms with Gasteiger partial charge in [-0.05, 0) is 33.6 Å². The van der Waals surface area contributed by atoms with Crippen LogP contribution in [0, 0.1) is 11.3 Å². The lowest BCUT2D eigenvalue weighted by atomic mass is 9.80. The van der Waals surface area contributed by atoms with E-state index in [-0.39, 0.29) is 16.5 Å². The largest absolute Gasteiger partial charge is 0.489 e. The monoisotopic (exact) mass is 378 g/mol. The van der Waals surface area contributed by atoms with Gasteiger partial charge in [0.15, 0.2) is 5.71 Å². The molecular formula is C24H30N2O2. The highest BCUT2D eigenvalue weighted by molar-refractivity contribution is 6.12. The molecule has 0 spiro atoms. The molecule has 0 aliphatic heterocycles. The number of hydrogen-bond acceptors (Lipinski definition) is 4. The van der Waals surface area contributed by atoms with Crippen molar-refractivity contribution < 1.29 is 9.57 Å². The van der Waals surface area contributed by atoms with Crippen molar-refractivity contribution in [2.24, 2.45) is 5.16 Å². The Morgan fingerprint density at radius 2 is 1.68 bits per heavy atom. The molecule has 0 saturated carbocycles. The Morgan fingerprint density at radius 3 is 2.25 bits per heavy atom. The molecule has 0 radical (unpaired) electrons. The molecule has 0 atom stereocenters. The van der Waals surface area contributed by atoms with Crippen molar-refractivity contribution in [2.75, 3.05) is 7.11 Å². The lowest BCUT2D eigenvalue weighted by molar-refractivity contribution is 0.214. The van der Waals surface area contributed by atoms with Gasteiger partial charge in [-0.25, -0.2) is 0 Å². The molecule has 0 fully saturated rings. The Kier molecular flexibility index (Phi) is 6.51. The summed E-state index contributed by atoms with van der Waals surface area (Å²) in [6.45, 7) is 13.6. The molecule has 2 aromatic carbocycles. The standard InChI is InChI=1S/C24H30N2O2/c1-23(2,3)18-12-13-22(20(14-18)24(4,5)6)28-16-17-10-8-9-11-19(17)21(15-25)26-27-7/h8-14H,16H2,1-7H3. The fraction of sp³-hybridized carbons (Fsp3) is 0.417. The van der Waals surface area contributed by atoms with Crippen LogP contribution in [0.1, 0.15) is 63.8 Å². The third-order valence-electron chi connectivity index (χ3n) is 4.60. The number of ether oxygens (including phenoxy) is 1. The lowest BCUT2D eigenvalue weighted by Gasteiger charge is -2.27. The minimum Gasteiger partial charge on any atom is -0.489 e. The maximum atomic E-state index is 9.38. The highest BCUT2D eigenvalue weighted by Gasteiger charge is 2.23. The molecule has 0 N–H and O–H groups in total. The van der Waals surface area contributed by atoms with Gasteiger partial charge in [-0.1, -0.05) is 83.1 Å². The molecular weight excluding hydrogens is 348 g/mol. The third-order valence-corrected chi connectivity index (χ3v) is 4.60. The summed E-state index contributed by atoms with van der Waals surface area (Å²) < 4.78 is 6.23. The minimum absolute atomic E-state index is 0.0502. The van der Waals surface area contributed by atoms with Gasteiger partial charge in [0.2, 0.25) is 0 Å². The molecule has 0 heterocycles. The number of hydrogen-bond donors (Lipinski definition) is 0. The normalized spacial score (nSPS) is 12.4. The summed E-state index contributed by atoms with van der Waals surface area (Å²) in [6.07, 6.45) is 0. The van der Waals surface area contributed by atoms with Crippen molar-refractivity contribution in [1.29, 1.82) is 5.26 Å². The number of oxime groups is 1. The summed E-state index contributed by atoms with van der Waals surface area (Å²) in [4.78, 5) is 4.80. The second kappa shape index (κ2) is 8.48. The quantitative estimate of drug-likeness (QED) is 0.493. The zero-order valence-electron chi connectivity index (χ0n) is 18.0. The Morgan fingerprint density at radius 1 is 1.00 bits per heavy atom. The predicted molar refractivity (Wildman–Crippen MR) is 114 cm³/mol. The molecule has 4 heteroatoms. The van der Waals surface area contributed by atoms with E-state index in [0.717, 1.165) is 16.9 Å². The molecule has 0 aliphatic rings. The molecule has 4 nitrogen and oxygen atoms in total. The summed E-state index contributed by atoms with van der Waals surface area (Å²) in [6, 6.07) is 16.1. The van der Waals surface area contributed by atoms with Gasteiger partial charge in [0.05, 0.1) is 0 Å². The van der Waals surface area contributed by atoms with Crippen molar-refractivity contribution in [3.05, 3.63) is 64.7 Å². The van der Waals surface area contributed by atoms with E-state index in [1.807, 2.05) is 24.3 Å². The number of nitriles is 1. The van der Waals surface area contributed by atoms with Crippen LogP contribution < -0.4 is 4.74 Å². The van der Waals surface area contributed by atoms with Crippen LogP contribution in [0.3, 0.4) is 0 Å². The lowest BCUT2D eigenvalue weighted by Crippen LogP contribution is -2.18. The molecule has 0 aliphatic carbocycles. The summed E-state index contributed by atoms with van der Waals surface area (Å²) >= 11 is 0. The zero-order valence-corrected chi connectivity index (χ0v) is 18.0. The van der Waals surface area contributed by atoms with Gasteiger partial charge in [0.1, 0.15) is 25.5 Å². The average molecular weight is 379 g/mol. The van der Waals surface area contributed by atoms with Crippen molar-refractivity contribution in [3.63, 3.8) is 0 Å². The topological polar surface area (TPSA) is 54.6 Å². The maximum absolute atomic E-state index is 9.38. The highest BCUT2D eigenvalue weighted by atomic mass is 16.6. The fourth-order valence-corrected chi connectivity index (χ4v) is 2.96.